The minimum atomic E-state index is -0.192. The molecular formula is C21H24N4O3. The molecule has 0 aliphatic rings. The monoisotopic (exact) mass is 380 g/mol. The SMILES string of the molecule is Cc1nc(COc2ccccc2C(=O)NCC(c2ccccc2)N(C)C)no1. The maximum absolute atomic E-state index is 12.8. The van der Waals surface area contributed by atoms with Crippen LogP contribution in [-0.2, 0) is 6.61 Å². The Morgan fingerprint density at radius 2 is 1.86 bits per heavy atom. The molecular weight excluding hydrogens is 356 g/mol. The number of hydrogen-bond donors (Lipinski definition) is 1. The summed E-state index contributed by atoms with van der Waals surface area (Å²) < 4.78 is 10.7. The number of para-hydroxylation sites is 1. The van der Waals surface area contributed by atoms with E-state index in [1.807, 2.05) is 38.4 Å². The molecule has 146 valence electrons. The third-order valence-corrected chi connectivity index (χ3v) is 4.32. The lowest BCUT2D eigenvalue weighted by Gasteiger charge is -2.25. The first-order valence-corrected chi connectivity index (χ1v) is 9.05. The molecule has 0 saturated carbocycles. The third kappa shape index (κ3) is 4.95. The van der Waals surface area contributed by atoms with Crippen LogP contribution in [-0.4, -0.2) is 41.6 Å². The molecule has 28 heavy (non-hydrogen) atoms. The maximum Gasteiger partial charge on any atom is 0.255 e. The van der Waals surface area contributed by atoms with Crippen molar-refractivity contribution in [1.29, 1.82) is 0 Å². The zero-order chi connectivity index (χ0) is 19.9. The molecule has 0 aliphatic carbocycles. The minimum absolute atomic E-state index is 0.0699. The van der Waals surface area contributed by atoms with Crippen molar-refractivity contribution in [3.63, 3.8) is 0 Å². The quantitative estimate of drug-likeness (QED) is 0.647. The van der Waals surface area contributed by atoms with E-state index in [0.717, 1.165) is 5.56 Å². The van der Waals surface area contributed by atoms with E-state index in [0.29, 0.717) is 29.6 Å². The standard InChI is InChI=1S/C21H24N4O3/c1-15-23-20(24-28-15)14-27-19-12-8-7-11-17(19)21(26)22-13-18(25(2)3)16-9-5-4-6-10-16/h4-12,18H,13-14H2,1-3H3,(H,22,26). The van der Waals surface area contributed by atoms with E-state index in [1.165, 1.54) is 0 Å². The van der Waals surface area contributed by atoms with Crippen molar-refractivity contribution < 1.29 is 14.1 Å². The van der Waals surface area contributed by atoms with Crippen LogP contribution >= 0.6 is 0 Å². The van der Waals surface area contributed by atoms with Crippen LogP contribution in [0.5, 0.6) is 5.75 Å². The summed E-state index contributed by atoms with van der Waals surface area (Å²) in [7, 11) is 3.99. The Morgan fingerprint density at radius 3 is 2.54 bits per heavy atom. The van der Waals surface area contributed by atoms with Gasteiger partial charge < -0.3 is 19.5 Å². The molecule has 7 nitrogen and oxygen atoms in total. The fourth-order valence-electron chi connectivity index (χ4n) is 2.88. The Hall–Kier alpha value is -3.19. The summed E-state index contributed by atoms with van der Waals surface area (Å²) >= 11 is 0. The van der Waals surface area contributed by atoms with Crippen molar-refractivity contribution in [2.45, 2.75) is 19.6 Å². The van der Waals surface area contributed by atoms with E-state index < -0.39 is 0 Å². The molecule has 1 atom stereocenters. The predicted octanol–water partition coefficient (Wildman–Crippen LogP) is 2.99. The second-order valence-electron chi connectivity index (χ2n) is 6.61. The second kappa shape index (κ2) is 9.14. The summed E-state index contributed by atoms with van der Waals surface area (Å²) in [5.74, 6) is 1.19. The molecule has 3 aromatic rings. The number of benzene rings is 2. The molecule has 1 N–H and O–H groups in total. The van der Waals surface area contributed by atoms with E-state index in [4.69, 9.17) is 9.26 Å². The van der Waals surface area contributed by atoms with Gasteiger partial charge in [0, 0.05) is 13.5 Å². The van der Waals surface area contributed by atoms with Gasteiger partial charge in [-0.3, -0.25) is 4.79 Å². The third-order valence-electron chi connectivity index (χ3n) is 4.32. The molecule has 0 bridgehead atoms. The molecule has 0 radical (unpaired) electrons. The van der Waals surface area contributed by atoms with Gasteiger partial charge >= 0.3 is 0 Å². The second-order valence-corrected chi connectivity index (χ2v) is 6.61. The minimum Gasteiger partial charge on any atom is -0.485 e. The normalized spacial score (nSPS) is 12.0. The Morgan fingerprint density at radius 1 is 1.14 bits per heavy atom. The van der Waals surface area contributed by atoms with Gasteiger partial charge in [0.1, 0.15) is 5.75 Å². The number of aromatic nitrogens is 2. The highest BCUT2D eigenvalue weighted by atomic mass is 16.5. The average molecular weight is 380 g/mol. The number of aryl methyl sites for hydroxylation is 1. The first-order valence-electron chi connectivity index (χ1n) is 9.05. The smallest absolute Gasteiger partial charge is 0.255 e. The van der Waals surface area contributed by atoms with Crippen molar-refractivity contribution in [3.8, 4) is 5.75 Å². The van der Waals surface area contributed by atoms with Gasteiger partial charge in [-0.05, 0) is 31.8 Å². The summed E-state index contributed by atoms with van der Waals surface area (Å²) in [6, 6.07) is 17.3. The molecule has 2 aromatic carbocycles. The number of rotatable bonds is 8. The van der Waals surface area contributed by atoms with Gasteiger partial charge in [0.15, 0.2) is 6.61 Å². The van der Waals surface area contributed by atoms with Crippen molar-refractivity contribution in [1.82, 2.24) is 20.4 Å². The lowest BCUT2D eigenvalue weighted by molar-refractivity contribution is 0.0937. The highest BCUT2D eigenvalue weighted by Gasteiger charge is 2.18. The lowest BCUT2D eigenvalue weighted by atomic mass is 10.1. The molecule has 0 spiro atoms. The Bertz CT molecular complexity index is 909. The fourth-order valence-corrected chi connectivity index (χ4v) is 2.88. The molecule has 0 aliphatic heterocycles. The van der Waals surface area contributed by atoms with Gasteiger partial charge in [-0.1, -0.05) is 47.6 Å². The summed E-state index contributed by atoms with van der Waals surface area (Å²) in [4.78, 5) is 19.0. The Kier molecular flexibility index (Phi) is 6.39. The fraction of sp³-hybridized carbons (Fsp3) is 0.286. The van der Waals surface area contributed by atoms with E-state index in [2.05, 4.69) is 32.5 Å². The number of carbonyl (C=O) groups is 1. The van der Waals surface area contributed by atoms with Gasteiger partial charge in [0.25, 0.3) is 5.91 Å². The van der Waals surface area contributed by atoms with Crippen LogP contribution in [0.1, 0.15) is 33.7 Å². The van der Waals surface area contributed by atoms with Crippen molar-refractivity contribution >= 4 is 5.91 Å². The number of ether oxygens (including phenoxy) is 1. The van der Waals surface area contributed by atoms with Crippen molar-refractivity contribution in [2.75, 3.05) is 20.6 Å². The summed E-state index contributed by atoms with van der Waals surface area (Å²) in [6.07, 6.45) is 0. The zero-order valence-corrected chi connectivity index (χ0v) is 16.3. The molecule has 1 aromatic heterocycles. The van der Waals surface area contributed by atoms with E-state index in [1.54, 1.807) is 25.1 Å². The van der Waals surface area contributed by atoms with Gasteiger partial charge in [-0.2, -0.15) is 4.98 Å². The number of hydrogen-bond acceptors (Lipinski definition) is 6. The van der Waals surface area contributed by atoms with Crippen LogP contribution in [0, 0.1) is 6.92 Å². The maximum atomic E-state index is 12.8. The van der Waals surface area contributed by atoms with Crippen LogP contribution < -0.4 is 10.1 Å². The average Bonchev–Trinajstić information content (AvgIpc) is 3.12. The molecule has 1 heterocycles. The number of carbonyl (C=O) groups excluding carboxylic acids is 1. The molecule has 0 saturated heterocycles. The van der Waals surface area contributed by atoms with E-state index >= 15 is 0 Å². The van der Waals surface area contributed by atoms with Crippen molar-refractivity contribution in [2.24, 2.45) is 0 Å². The number of nitrogens with one attached hydrogen (secondary N) is 1. The topological polar surface area (TPSA) is 80.5 Å². The largest absolute Gasteiger partial charge is 0.485 e. The van der Waals surface area contributed by atoms with Crippen LogP contribution in [0.4, 0.5) is 0 Å². The summed E-state index contributed by atoms with van der Waals surface area (Å²) in [5.41, 5.74) is 1.61. The first kappa shape index (κ1) is 19.6. The van der Waals surface area contributed by atoms with E-state index in [9.17, 15) is 4.79 Å². The van der Waals surface area contributed by atoms with E-state index in [-0.39, 0.29) is 18.6 Å². The van der Waals surface area contributed by atoms with Crippen LogP contribution in [0.15, 0.2) is 59.1 Å². The number of amides is 1. The zero-order valence-electron chi connectivity index (χ0n) is 16.3. The molecule has 7 heteroatoms. The van der Waals surface area contributed by atoms with Gasteiger partial charge in [0.05, 0.1) is 11.6 Å². The van der Waals surface area contributed by atoms with Gasteiger partial charge in [-0.25, -0.2) is 0 Å². The number of nitrogens with zero attached hydrogens (tertiary/aromatic N) is 3. The molecule has 1 unspecified atom stereocenters. The lowest BCUT2D eigenvalue weighted by Crippen LogP contribution is -2.34. The molecule has 0 fully saturated rings. The molecule has 1 amide bonds. The van der Waals surface area contributed by atoms with Gasteiger partial charge in [0.2, 0.25) is 11.7 Å². The highest BCUT2D eigenvalue weighted by Crippen LogP contribution is 2.20. The van der Waals surface area contributed by atoms with Crippen molar-refractivity contribution in [3.05, 3.63) is 77.4 Å². The Balaban J connectivity index is 1.66. The Labute approximate surface area is 164 Å². The highest BCUT2D eigenvalue weighted by molar-refractivity contribution is 5.96. The van der Waals surface area contributed by atoms with Crippen LogP contribution in [0.2, 0.25) is 0 Å². The predicted molar refractivity (Wildman–Crippen MR) is 105 cm³/mol. The van der Waals surface area contributed by atoms with Crippen LogP contribution in [0.25, 0.3) is 0 Å². The van der Waals surface area contributed by atoms with Crippen LogP contribution in [0.3, 0.4) is 0 Å². The molecule has 3 rings (SSSR count). The van der Waals surface area contributed by atoms with Gasteiger partial charge in [-0.15, -0.1) is 0 Å². The summed E-state index contributed by atoms with van der Waals surface area (Å²) in [6.45, 7) is 2.33. The number of likely N-dealkylation sites (N-methyl/N-ethyl adjacent to an activating group) is 1. The first-order chi connectivity index (χ1) is 13.5. The summed E-state index contributed by atoms with van der Waals surface area (Å²) in [5, 5.41) is 6.81.